The van der Waals surface area contributed by atoms with Crippen molar-refractivity contribution < 1.29 is 12.8 Å². The molecule has 0 aliphatic carbocycles. The highest BCUT2D eigenvalue weighted by Crippen LogP contribution is 2.35. The van der Waals surface area contributed by atoms with Crippen LogP contribution in [0.15, 0.2) is 58.7 Å². The average molecular weight is 491 g/mol. The molecule has 3 aromatic heterocycles. The van der Waals surface area contributed by atoms with Crippen molar-refractivity contribution in [2.24, 2.45) is 0 Å². The van der Waals surface area contributed by atoms with Crippen LogP contribution in [0.1, 0.15) is 11.3 Å². The average Bonchev–Trinajstić information content (AvgIpc) is 3.41. The number of nitrogens with zero attached hydrogens (tertiary/aromatic N) is 3. The summed E-state index contributed by atoms with van der Waals surface area (Å²) in [6, 6.07) is 12.3. The van der Waals surface area contributed by atoms with E-state index < -0.39 is 15.8 Å². The second kappa shape index (κ2) is 9.41. The Balaban J connectivity index is 1.46. The lowest BCUT2D eigenvalue weighted by atomic mass is 10.2. The number of sulfonamides is 1. The van der Waals surface area contributed by atoms with E-state index in [1.165, 1.54) is 46.4 Å². The second-order valence-electron chi connectivity index (χ2n) is 6.97. The number of rotatable bonds is 8. The van der Waals surface area contributed by atoms with Crippen molar-refractivity contribution in [3.8, 4) is 20.5 Å². The minimum atomic E-state index is -3.64. The molecule has 1 aromatic carbocycles. The van der Waals surface area contributed by atoms with Crippen LogP contribution in [0, 0.1) is 12.7 Å². The maximum Gasteiger partial charge on any atom is 0.266 e. The van der Waals surface area contributed by atoms with Crippen LogP contribution in [-0.4, -0.2) is 29.7 Å². The Bertz CT molecular complexity index is 1380. The third-order valence-electron chi connectivity index (χ3n) is 4.54. The standard InChI is InChI=1S/C21H19FN4O3S3/c1-14-20(31-21(24-14)18-3-2-12-30-18)17-8-9-19(27)26(25-17)11-10-23-32(28,29)13-15-4-6-16(22)7-5-15/h2-9,12,23H,10-11,13H2,1H3. The van der Waals surface area contributed by atoms with Crippen molar-refractivity contribution in [1.29, 1.82) is 0 Å². The van der Waals surface area contributed by atoms with E-state index in [0.29, 0.717) is 11.3 Å². The number of hydrogen-bond acceptors (Lipinski definition) is 7. The number of nitrogens with one attached hydrogen (secondary N) is 1. The Morgan fingerprint density at radius 2 is 1.91 bits per heavy atom. The van der Waals surface area contributed by atoms with Gasteiger partial charge in [-0.3, -0.25) is 4.79 Å². The SMILES string of the molecule is Cc1nc(-c2cccs2)sc1-c1ccc(=O)n(CCNS(=O)(=O)Cc2ccc(F)cc2)n1. The zero-order valence-corrected chi connectivity index (χ0v) is 19.4. The summed E-state index contributed by atoms with van der Waals surface area (Å²) in [5.74, 6) is -0.704. The molecule has 0 unspecified atom stereocenters. The first kappa shape index (κ1) is 22.5. The Hall–Kier alpha value is -2.73. The van der Waals surface area contributed by atoms with E-state index in [9.17, 15) is 17.6 Å². The maximum absolute atomic E-state index is 13.0. The van der Waals surface area contributed by atoms with Crippen molar-refractivity contribution in [3.05, 3.63) is 81.3 Å². The van der Waals surface area contributed by atoms with Crippen molar-refractivity contribution in [2.75, 3.05) is 6.54 Å². The van der Waals surface area contributed by atoms with E-state index in [4.69, 9.17) is 0 Å². The van der Waals surface area contributed by atoms with Gasteiger partial charge in [0, 0.05) is 12.6 Å². The first-order chi connectivity index (χ1) is 15.3. The fraction of sp³-hybridized carbons (Fsp3) is 0.190. The Kier molecular flexibility index (Phi) is 6.60. The van der Waals surface area contributed by atoms with Gasteiger partial charge in [0.1, 0.15) is 16.5 Å². The summed E-state index contributed by atoms with van der Waals surface area (Å²) < 4.78 is 41.3. The van der Waals surface area contributed by atoms with Crippen LogP contribution in [0.4, 0.5) is 4.39 Å². The molecule has 4 rings (SSSR count). The van der Waals surface area contributed by atoms with E-state index in [1.54, 1.807) is 17.4 Å². The first-order valence-corrected chi connectivity index (χ1v) is 13.0. The number of benzene rings is 1. The Morgan fingerprint density at radius 3 is 2.62 bits per heavy atom. The van der Waals surface area contributed by atoms with Gasteiger partial charge in [0.05, 0.1) is 27.7 Å². The molecule has 0 saturated carbocycles. The zero-order valence-electron chi connectivity index (χ0n) is 17.0. The van der Waals surface area contributed by atoms with Crippen LogP contribution in [0.5, 0.6) is 0 Å². The van der Waals surface area contributed by atoms with E-state index in [-0.39, 0.29) is 24.4 Å². The van der Waals surface area contributed by atoms with Gasteiger partial charge in [-0.25, -0.2) is 27.2 Å². The maximum atomic E-state index is 13.0. The minimum Gasteiger partial charge on any atom is -0.268 e. The fourth-order valence-corrected chi connectivity index (χ4v) is 5.99. The topological polar surface area (TPSA) is 94.0 Å². The minimum absolute atomic E-state index is 0.00199. The van der Waals surface area contributed by atoms with Gasteiger partial charge in [-0.05, 0) is 42.1 Å². The Morgan fingerprint density at radius 1 is 1.12 bits per heavy atom. The first-order valence-electron chi connectivity index (χ1n) is 9.62. The summed E-state index contributed by atoms with van der Waals surface area (Å²) in [6.45, 7) is 1.97. The summed E-state index contributed by atoms with van der Waals surface area (Å²) in [5.41, 5.74) is 1.57. The summed E-state index contributed by atoms with van der Waals surface area (Å²) in [6.07, 6.45) is 0. The second-order valence-corrected chi connectivity index (χ2v) is 10.7. The monoisotopic (exact) mass is 490 g/mol. The van der Waals surface area contributed by atoms with Crippen LogP contribution in [0.25, 0.3) is 20.5 Å². The largest absolute Gasteiger partial charge is 0.268 e. The van der Waals surface area contributed by atoms with Crippen LogP contribution < -0.4 is 10.3 Å². The predicted molar refractivity (Wildman–Crippen MR) is 125 cm³/mol. The third kappa shape index (κ3) is 5.36. The van der Waals surface area contributed by atoms with Crippen LogP contribution in [0.2, 0.25) is 0 Å². The van der Waals surface area contributed by atoms with E-state index in [1.807, 2.05) is 24.4 Å². The summed E-state index contributed by atoms with van der Waals surface area (Å²) in [4.78, 5) is 18.8. The fourth-order valence-electron chi connectivity index (χ4n) is 3.03. The van der Waals surface area contributed by atoms with Crippen molar-refractivity contribution >= 4 is 32.7 Å². The molecule has 0 bridgehead atoms. The third-order valence-corrected chi connectivity index (χ3v) is 8.12. The molecule has 0 atom stereocenters. The van der Waals surface area contributed by atoms with Gasteiger partial charge >= 0.3 is 0 Å². The van der Waals surface area contributed by atoms with Gasteiger partial charge in [-0.15, -0.1) is 22.7 Å². The van der Waals surface area contributed by atoms with Crippen LogP contribution >= 0.6 is 22.7 Å². The van der Waals surface area contributed by atoms with E-state index in [2.05, 4.69) is 14.8 Å². The molecule has 0 amide bonds. The molecule has 0 spiro atoms. The lowest BCUT2D eigenvalue weighted by molar-refractivity contribution is 0.548. The van der Waals surface area contributed by atoms with Crippen LogP contribution in [-0.2, 0) is 22.3 Å². The molecule has 11 heteroatoms. The van der Waals surface area contributed by atoms with E-state index >= 15 is 0 Å². The highest BCUT2D eigenvalue weighted by atomic mass is 32.2. The molecule has 0 fully saturated rings. The molecule has 3 heterocycles. The lowest BCUT2D eigenvalue weighted by Crippen LogP contribution is -2.32. The number of hydrogen-bond donors (Lipinski definition) is 1. The smallest absolute Gasteiger partial charge is 0.266 e. The molecule has 166 valence electrons. The normalized spacial score (nSPS) is 11.7. The number of aromatic nitrogens is 3. The molecular formula is C21H19FN4O3S3. The molecule has 0 aliphatic heterocycles. The summed E-state index contributed by atoms with van der Waals surface area (Å²) >= 11 is 3.10. The number of halogens is 1. The van der Waals surface area contributed by atoms with Gasteiger partial charge in [0.25, 0.3) is 5.56 Å². The molecule has 7 nitrogen and oxygen atoms in total. The Labute approximate surface area is 192 Å². The quantitative estimate of drug-likeness (QED) is 0.407. The molecule has 0 radical (unpaired) electrons. The van der Waals surface area contributed by atoms with Gasteiger partial charge in [0.15, 0.2) is 0 Å². The molecular weight excluding hydrogens is 471 g/mol. The van der Waals surface area contributed by atoms with Gasteiger partial charge in [0.2, 0.25) is 10.0 Å². The molecule has 1 N–H and O–H groups in total. The number of thiazole rings is 1. The molecule has 32 heavy (non-hydrogen) atoms. The molecule has 4 aromatic rings. The number of thiophene rings is 1. The lowest BCUT2D eigenvalue weighted by Gasteiger charge is -2.09. The van der Waals surface area contributed by atoms with Crippen LogP contribution in [0.3, 0.4) is 0 Å². The summed E-state index contributed by atoms with van der Waals surface area (Å²) in [5, 5.41) is 7.29. The van der Waals surface area contributed by atoms with Crippen molar-refractivity contribution in [1.82, 2.24) is 19.5 Å². The summed E-state index contributed by atoms with van der Waals surface area (Å²) in [7, 11) is -3.64. The molecule has 0 saturated heterocycles. The van der Waals surface area contributed by atoms with Crippen molar-refractivity contribution in [2.45, 2.75) is 19.2 Å². The zero-order chi connectivity index (χ0) is 22.7. The van der Waals surface area contributed by atoms with E-state index in [0.717, 1.165) is 20.5 Å². The van der Waals surface area contributed by atoms with Gasteiger partial charge in [-0.1, -0.05) is 18.2 Å². The predicted octanol–water partition coefficient (Wildman–Crippen LogP) is 3.66. The van der Waals surface area contributed by atoms with Gasteiger partial charge < -0.3 is 0 Å². The van der Waals surface area contributed by atoms with Crippen molar-refractivity contribution in [3.63, 3.8) is 0 Å². The highest BCUT2D eigenvalue weighted by molar-refractivity contribution is 7.88. The molecule has 0 aliphatic rings. The highest BCUT2D eigenvalue weighted by Gasteiger charge is 2.15. The van der Waals surface area contributed by atoms with Gasteiger partial charge in [-0.2, -0.15) is 5.10 Å². The number of aryl methyl sites for hydroxylation is 1.